The van der Waals surface area contributed by atoms with Crippen LogP contribution in [0.4, 0.5) is 9.80 Å². The summed E-state index contributed by atoms with van der Waals surface area (Å²) in [6.07, 6.45) is 7.70. The van der Waals surface area contributed by atoms with Gasteiger partial charge in [0.25, 0.3) is 0 Å². The molecule has 10 heteroatoms. The molecule has 0 aliphatic heterocycles. The third-order valence-electron chi connectivity index (χ3n) is 4.96. The number of fused-ring (bicyclic) bond motifs is 1. The Bertz CT molecular complexity index is 1190. The zero-order valence-electron chi connectivity index (χ0n) is 17.3. The minimum atomic E-state index is -0.492. The smallest absolute Gasteiger partial charge is 0.407 e. The first-order valence-corrected chi connectivity index (χ1v) is 11.7. The molecule has 0 bridgehead atoms. The molecule has 0 fully saturated rings. The van der Waals surface area contributed by atoms with Crippen molar-refractivity contribution >= 4 is 45.8 Å². The molecular weight excluding hydrogens is 446 g/mol. The van der Waals surface area contributed by atoms with Crippen molar-refractivity contribution in [1.29, 1.82) is 5.26 Å². The normalized spacial score (nSPS) is 15.2. The number of alkyl carbamates (subject to hydrolysis) is 1. The summed E-state index contributed by atoms with van der Waals surface area (Å²) in [4.78, 5) is 30.6. The number of amides is 2. The molecule has 164 valence electrons. The summed E-state index contributed by atoms with van der Waals surface area (Å²) < 4.78 is 7.37. The standard InChI is InChI=1S/C22H21N5O3S2/c1-27-12-14(25-13-27)11-24-22(29)30-15-4-6-17-18(10-23)21(32-19(17)9-15)26-20(28)7-5-16-3-2-8-31-16/h2-3,5,7-8,12-13,15H,4,6,9,11H2,1H3,(H,24,29)(H,26,28)/b7-5+. The second-order valence-corrected chi connectivity index (χ2v) is 9.40. The van der Waals surface area contributed by atoms with E-state index in [9.17, 15) is 14.9 Å². The molecule has 1 aliphatic carbocycles. The van der Waals surface area contributed by atoms with Gasteiger partial charge in [0.1, 0.15) is 17.2 Å². The van der Waals surface area contributed by atoms with E-state index in [4.69, 9.17) is 4.74 Å². The largest absolute Gasteiger partial charge is 0.446 e. The Morgan fingerprint density at radius 3 is 3.06 bits per heavy atom. The lowest BCUT2D eigenvalue weighted by atomic mass is 9.94. The highest BCUT2D eigenvalue weighted by molar-refractivity contribution is 7.16. The lowest BCUT2D eigenvalue weighted by Gasteiger charge is -2.22. The Morgan fingerprint density at radius 1 is 1.47 bits per heavy atom. The number of ether oxygens (including phenoxy) is 1. The molecule has 4 rings (SSSR count). The van der Waals surface area contributed by atoms with Crippen LogP contribution in [0.1, 0.15) is 33.0 Å². The van der Waals surface area contributed by atoms with E-state index in [0.29, 0.717) is 36.4 Å². The van der Waals surface area contributed by atoms with Crippen molar-refractivity contribution < 1.29 is 14.3 Å². The van der Waals surface area contributed by atoms with E-state index in [2.05, 4.69) is 21.7 Å². The Balaban J connectivity index is 1.35. The molecule has 1 unspecified atom stereocenters. The number of imidazole rings is 1. The van der Waals surface area contributed by atoms with Gasteiger partial charge in [0.15, 0.2) is 0 Å². The van der Waals surface area contributed by atoms with Crippen LogP contribution in [0.15, 0.2) is 36.1 Å². The van der Waals surface area contributed by atoms with Crippen molar-refractivity contribution in [3.8, 4) is 6.07 Å². The number of aryl methyl sites for hydroxylation is 1. The van der Waals surface area contributed by atoms with Crippen molar-refractivity contribution in [2.75, 3.05) is 5.32 Å². The molecule has 2 amide bonds. The van der Waals surface area contributed by atoms with Gasteiger partial charge in [0, 0.05) is 35.5 Å². The first kappa shape index (κ1) is 21.8. The Hall–Kier alpha value is -3.42. The van der Waals surface area contributed by atoms with Gasteiger partial charge in [-0.05, 0) is 35.9 Å². The average molecular weight is 468 g/mol. The first-order valence-electron chi connectivity index (χ1n) is 10.0. The van der Waals surface area contributed by atoms with Gasteiger partial charge in [0.05, 0.1) is 24.1 Å². The summed E-state index contributed by atoms with van der Waals surface area (Å²) in [6.45, 7) is 0.296. The van der Waals surface area contributed by atoms with Crippen molar-refractivity contribution in [1.82, 2.24) is 14.9 Å². The summed E-state index contributed by atoms with van der Waals surface area (Å²) in [5.74, 6) is -0.282. The minimum absolute atomic E-state index is 0.279. The lowest BCUT2D eigenvalue weighted by Crippen LogP contribution is -2.31. The number of nitriles is 1. The predicted octanol–water partition coefficient (Wildman–Crippen LogP) is 3.85. The highest BCUT2D eigenvalue weighted by Crippen LogP contribution is 2.38. The molecule has 0 radical (unpaired) electrons. The topological polar surface area (TPSA) is 109 Å². The van der Waals surface area contributed by atoms with Crippen molar-refractivity contribution in [2.24, 2.45) is 7.05 Å². The van der Waals surface area contributed by atoms with Gasteiger partial charge >= 0.3 is 6.09 Å². The van der Waals surface area contributed by atoms with Gasteiger partial charge in [-0.3, -0.25) is 4.79 Å². The van der Waals surface area contributed by atoms with Crippen molar-refractivity contribution in [2.45, 2.75) is 31.9 Å². The van der Waals surface area contributed by atoms with E-state index >= 15 is 0 Å². The Labute approximate surface area is 193 Å². The van der Waals surface area contributed by atoms with Gasteiger partial charge in [-0.15, -0.1) is 22.7 Å². The van der Waals surface area contributed by atoms with Crippen LogP contribution in [-0.4, -0.2) is 27.7 Å². The van der Waals surface area contributed by atoms with Gasteiger partial charge in [-0.25, -0.2) is 9.78 Å². The van der Waals surface area contributed by atoms with Crippen LogP contribution in [0.5, 0.6) is 0 Å². The van der Waals surface area contributed by atoms with E-state index in [1.165, 1.54) is 17.4 Å². The number of thiophene rings is 2. The molecule has 0 saturated heterocycles. The number of rotatable bonds is 6. The first-order chi connectivity index (χ1) is 15.5. The fourth-order valence-electron chi connectivity index (χ4n) is 3.47. The highest BCUT2D eigenvalue weighted by atomic mass is 32.1. The molecule has 8 nitrogen and oxygen atoms in total. The maximum atomic E-state index is 12.3. The monoisotopic (exact) mass is 467 g/mol. The third kappa shape index (κ3) is 5.25. The second kappa shape index (κ2) is 9.80. The van der Waals surface area contributed by atoms with Gasteiger partial charge in [0.2, 0.25) is 5.91 Å². The number of hydrogen-bond acceptors (Lipinski definition) is 7. The number of carbonyl (C=O) groups is 2. The summed E-state index contributed by atoms with van der Waals surface area (Å²) in [5, 5.41) is 17.7. The molecule has 3 aromatic rings. The predicted molar refractivity (Wildman–Crippen MR) is 123 cm³/mol. The van der Waals surface area contributed by atoms with E-state index < -0.39 is 6.09 Å². The number of hydrogen-bond donors (Lipinski definition) is 2. The highest BCUT2D eigenvalue weighted by Gasteiger charge is 2.28. The van der Waals surface area contributed by atoms with E-state index in [-0.39, 0.29) is 12.0 Å². The maximum Gasteiger partial charge on any atom is 0.407 e. The number of anilines is 1. The van der Waals surface area contributed by atoms with Crippen LogP contribution < -0.4 is 10.6 Å². The Kier molecular flexibility index (Phi) is 6.68. The summed E-state index contributed by atoms with van der Waals surface area (Å²) in [6, 6.07) is 6.06. The molecule has 0 aromatic carbocycles. The molecule has 2 N–H and O–H groups in total. The Morgan fingerprint density at radius 2 is 2.34 bits per heavy atom. The molecule has 32 heavy (non-hydrogen) atoms. The third-order valence-corrected chi connectivity index (χ3v) is 6.96. The van der Waals surface area contributed by atoms with E-state index in [0.717, 1.165) is 21.0 Å². The molecule has 1 atom stereocenters. The van der Waals surface area contributed by atoms with Crippen molar-refractivity contribution in [3.05, 3.63) is 62.7 Å². The van der Waals surface area contributed by atoms with Crippen LogP contribution in [0.3, 0.4) is 0 Å². The average Bonchev–Trinajstić information content (AvgIpc) is 3.50. The van der Waals surface area contributed by atoms with Crippen LogP contribution >= 0.6 is 22.7 Å². The summed E-state index contributed by atoms with van der Waals surface area (Å²) >= 11 is 2.91. The van der Waals surface area contributed by atoms with Crippen LogP contribution in [0.25, 0.3) is 6.08 Å². The molecular formula is C22H21N5O3S2. The number of nitrogens with zero attached hydrogens (tertiary/aromatic N) is 3. The number of nitrogens with one attached hydrogen (secondary N) is 2. The lowest BCUT2D eigenvalue weighted by molar-refractivity contribution is -0.111. The molecule has 0 saturated carbocycles. The molecule has 1 aliphatic rings. The zero-order chi connectivity index (χ0) is 22.5. The van der Waals surface area contributed by atoms with Gasteiger partial charge < -0.3 is 19.9 Å². The summed E-state index contributed by atoms with van der Waals surface area (Å²) in [7, 11) is 1.86. The molecule has 3 heterocycles. The van der Waals surface area contributed by atoms with Gasteiger partial charge in [-0.2, -0.15) is 5.26 Å². The van der Waals surface area contributed by atoms with Crippen LogP contribution in [0, 0.1) is 11.3 Å². The SMILES string of the molecule is Cn1cnc(CNC(=O)OC2CCc3c(sc(NC(=O)/C=C/c4cccs4)c3C#N)C2)c1. The molecule has 3 aromatic heterocycles. The van der Waals surface area contributed by atoms with E-state index in [1.807, 2.05) is 35.3 Å². The van der Waals surface area contributed by atoms with Crippen LogP contribution in [-0.2, 0) is 36.0 Å². The minimum Gasteiger partial charge on any atom is -0.446 e. The second-order valence-electron chi connectivity index (χ2n) is 7.31. The quantitative estimate of drug-likeness (QED) is 0.535. The zero-order valence-corrected chi connectivity index (χ0v) is 19.0. The fourth-order valence-corrected chi connectivity index (χ4v) is 5.36. The van der Waals surface area contributed by atoms with Gasteiger partial charge in [-0.1, -0.05) is 6.07 Å². The summed E-state index contributed by atoms with van der Waals surface area (Å²) in [5.41, 5.74) is 2.19. The fraction of sp³-hybridized carbons (Fsp3) is 0.273. The van der Waals surface area contributed by atoms with Crippen molar-refractivity contribution in [3.63, 3.8) is 0 Å². The van der Waals surface area contributed by atoms with E-state index in [1.54, 1.807) is 23.7 Å². The van der Waals surface area contributed by atoms with Crippen LogP contribution in [0.2, 0.25) is 0 Å². The molecule has 0 spiro atoms. The number of carbonyl (C=O) groups excluding carboxylic acids is 2. The maximum absolute atomic E-state index is 12.3. The number of aromatic nitrogens is 2.